The normalized spacial score (nSPS) is 14.7. The molecule has 0 saturated carbocycles. The molecule has 148 valence electrons. The van der Waals surface area contributed by atoms with E-state index in [1.165, 1.54) is 14.0 Å². The number of benzene rings is 1. The third-order valence-electron chi connectivity index (χ3n) is 4.31. The minimum Gasteiger partial charge on any atom is -0.463 e. The lowest BCUT2D eigenvalue weighted by Crippen LogP contribution is -2.49. The van der Waals surface area contributed by atoms with Crippen molar-refractivity contribution in [2.45, 2.75) is 13.5 Å². The third-order valence-corrected chi connectivity index (χ3v) is 4.31. The van der Waals surface area contributed by atoms with Gasteiger partial charge in [0.05, 0.1) is 0 Å². The van der Waals surface area contributed by atoms with Gasteiger partial charge < -0.3 is 19.7 Å². The molecule has 27 heavy (non-hydrogen) atoms. The average Bonchev–Trinajstić information content (AvgIpc) is 2.67. The molecule has 0 unspecified atom stereocenters. The van der Waals surface area contributed by atoms with E-state index in [4.69, 9.17) is 9.47 Å². The summed E-state index contributed by atoms with van der Waals surface area (Å²) in [5.74, 6) is -0.480. The van der Waals surface area contributed by atoms with Gasteiger partial charge >= 0.3 is 5.97 Å². The zero-order chi connectivity index (χ0) is 19.6. The van der Waals surface area contributed by atoms with E-state index in [1.54, 1.807) is 6.07 Å². The first-order chi connectivity index (χ1) is 13.0. The number of hydrogen-bond donors (Lipinski definition) is 1. The number of nitrogens with zero attached hydrogens (tertiary/aromatic N) is 2. The molecule has 0 aliphatic carbocycles. The second-order valence-electron chi connectivity index (χ2n) is 6.40. The van der Waals surface area contributed by atoms with Gasteiger partial charge in [0.1, 0.15) is 13.2 Å². The first-order valence-corrected chi connectivity index (χ1v) is 8.99. The van der Waals surface area contributed by atoms with Crippen LogP contribution < -0.4 is 5.32 Å². The van der Waals surface area contributed by atoms with Crippen molar-refractivity contribution >= 4 is 17.8 Å². The molecule has 2 amide bonds. The number of carbonyl (C=O) groups is 3. The second kappa shape index (κ2) is 10.6. The maximum atomic E-state index is 12.7. The van der Waals surface area contributed by atoms with Gasteiger partial charge in [0.15, 0.2) is 0 Å². The molecule has 1 aliphatic heterocycles. The predicted molar refractivity (Wildman–Crippen MR) is 99.1 cm³/mol. The van der Waals surface area contributed by atoms with Gasteiger partial charge in [0.2, 0.25) is 5.91 Å². The molecule has 1 aromatic carbocycles. The largest absolute Gasteiger partial charge is 0.463 e. The van der Waals surface area contributed by atoms with Crippen LogP contribution in [0.25, 0.3) is 0 Å². The van der Waals surface area contributed by atoms with E-state index in [0.29, 0.717) is 38.3 Å². The molecular weight excluding hydrogens is 350 g/mol. The van der Waals surface area contributed by atoms with Gasteiger partial charge in [0, 0.05) is 58.9 Å². The van der Waals surface area contributed by atoms with Gasteiger partial charge in [-0.3, -0.25) is 14.5 Å². The fourth-order valence-electron chi connectivity index (χ4n) is 2.85. The van der Waals surface area contributed by atoms with Crippen LogP contribution in [0.4, 0.5) is 0 Å². The fourth-order valence-corrected chi connectivity index (χ4v) is 2.85. The number of hydrogen-bond acceptors (Lipinski definition) is 6. The Bertz CT molecular complexity index is 657. The van der Waals surface area contributed by atoms with E-state index in [2.05, 4.69) is 10.2 Å². The monoisotopic (exact) mass is 377 g/mol. The van der Waals surface area contributed by atoms with Crippen LogP contribution in [0.3, 0.4) is 0 Å². The van der Waals surface area contributed by atoms with Crippen molar-refractivity contribution in [3.05, 3.63) is 35.4 Å². The summed E-state index contributed by atoms with van der Waals surface area (Å²) < 4.78 is 9.78. The van der Waals surface area contributed by atoms with Crippen LogP contribution in [0.1, 0.15) is 22.8 Å². The van der Waals surface area contributed by atoms with Gasteiger partial charge in [-0.05, 0) is 17.7 Å². The Morgan fingerprint density at radius 1 is 1.15 bits per heavy atom. The van der Waals surface area contributed by atoms with Crippen LogP contribution in [0.5, 0.6) is 0 Å². The highest BCUT2D eigenvalue weighted by molar-refractivity contribution is 5.94. The lowest BCUT2D eigenvalue weighted by molar-refractivity contribution is -0.148. The lowest BCUT2D eigenvalue weighted by atomic mass is 10.1. The molecule has 0 radical (unpaired) electrons. The van der Waals surface area contributed by atoms with Crippen LogP contribution in [0.15, 0.2) is 24.3 Å². The minimum atomic E-state index is -0.370. The maximum Gasteiger partial charge on any atom is 0.332 e. The molecule has 0 aromatic heterocycles. The highest BCUT2D eigenvalue weighted by Crippen LogP contribution is 2.11. The van der Waals surface area contributed by atoms with Crippen LogP contribution in [0.2, 0.25) is 0 Å². The lowest BCUT2D eigenvalue weighted by Gasteiger charge is -2.34. The van der Waals surface area contributed by atoms with E-state index in [-0.39, 0.29) is 24.4 Å². The van der Waals surface area contributed by atoms with E-state index in [1.807, 2.05) is 23.1 Å². The maximum absolute atomic E-state index is 12.7. The average molecular weight is 377 g/mol. The Balaban J connectivity index is 1.78. The highest BCUT2D eigenvalue weighted by atomic mass is 16.6. The first-order valence-electron chi connectivity index (χ1n) is 8.99. The molecule has 2 rings (SSSR count). The molecule has 1 aromatic rings. The molecule has 1 aliphatic rings. The molecule has 1 saturated heterocycles. The number of carbonyl (C=O) groups excluding carboxylic acids is 3. The van der Waals surface area contributed by atoms with Gasteiger partial charge in [-0.15, -0.1) is 0 Å². The number of esters is 1. The highest BCUT2D eigenvalue weighted by Gasteiger charge is 2.22. The summed E-state index contributed by atoms with van der Waals surface area (Å²) in [7, 11) is 1.45. The molecule has 8 heteroatoms. The van der Waals surface area contributed by atoms with Crippen LogP contribution in [-0.4, -0.2) is 80.6 Å². The molecule has 1 heterocycles. The number of amides is 2. The van der Waals surface area contributed by atoms with E-state index < -0.39 is 0 Å². The number of rotatable bonds is 8. The van der Waals surface area contributed by atoms with Crippen molar-refractivity contribution in [3.63, 3.8) is 0 Å². The molecule has 0 spiro atoms. The van der Waals surface area contributed by atoms with Crippen molar-refractivity contribution < 1.29 is 23.9 Å². The molecule has 1 N–H and O–H groups in total. The number of piperazine rings is 1. The van der Waals surface area contributed by atoms with Crippen LogP contribution in [0, 0.1) is 0 Å². The summed E-state index contributed by atoms with van der Waals surface area (Å²) in [6.07, 6.45) is 0. The summed E-state index contributed by atoms with van der Waals surface area (Å²) in [4.78, 5) is 39.0. The zero-order valence-corrected chi connectivity index (χ0v) is 15.9. The van der Waals surface area contributed by atoms with Crippen LogP contribution in [-0.2, 0) is 25.6 Å². The first kappa shape index (κ1) is 20.9. The topological polar surface area (TPSA) is 88.2 Å². The van der Waals surface area contributed by atoms with Crippen molar-refractivity contribution in [2.24, 2.45) is 0 Å². The Kier molecular flexibility index (Phi) is 8.22. The predicted octanol–water partition coefficient (Wildman–Crippen LogP) is 0.270. The summed E-state index contributed by atoms with van der Waals surface area (Å²) in [6, 6.07) is 7.33. The summed E-state index contributed by atoms with van der Waals surface area (Å²) >= 11 is 0. The second-order valence-corrected chi connectivity index (χ2v) is 6.40. The Morgan fingerprint density at radius 3 is 2.56 bits per heavy atom. The molecule has 8 nitrogen and oxygen atoms in total. The number of ether oxygens (including phenoxy) is 2. The summed E-state index contributed by atoms with van der Waals surface area (Å²) in [5, 5.41) is 2.73. The van der Waals surface area contributed by atoms with E-state index in [9.17, 15) is 14.4 Å². The Labute approximate surface area is 159 Å². The van der Waals surface area contributed by atoms with Gasteiger partial charge in [-0.25, -0.2) is 4.79 Å². The standard InChI is InChI=1S/C19H27N3O5/c1-15(23)20-13-16-4-3-5-17(12-16)19(25)22-8-6-21(7-9-22)10-11-27-18(24)14-26-2/h3-5,12H,6-11,13-14H2,1-2H3,(H,20,23). The SMILES string of the molecule is COCC(=O)OCCN1CCN(C(=O)c2cccc(CNC(C)=O)c2)CC1. The molecular formula is C19H27N3O5. The summed E-state index contributed by atoms with van der Waals surface area (Å²) in [5.41, 5.74) is 1.52. The Morgan fingerprint density at radius 2 is 1.89 bits per heavy atom. The minimum absolute atomic E-state index is 0.00847. The van der Waals surface area contributed by atoms with E-state index in [0.717, 1.165) is 18.7 Å². The van der Waals surface area contributed by atoms with Crippen LogP contribution >= 0.6 is 0 Å². The van der Waals surface area contributed by atoms with Gasteiger partial charge in [-0.1, -0.05) is 12.1 Å². The van der Waals surface area contributed by atoms with Crippen molar-refractivity contribution in [1.29, 1.82) is 0 Å². The van der Waals surface area contributed by atoms with E-state index >= 15 is 0 Å². The summed E-state index contributed by atoms with van der Waals surface area (Å²) in [6.45, 7) is 5.52. The Hall–Kier alpha value is -2.45. The molecule has 1 fully saturated rings. The quantitative estimate of drug-likeness (QED) is 0.655. The van der Waals surface area contributed by atoms with Crippen molar-refractivity contribution in [1.82, 2.24) is 15.1 Å². The van der Waals surface area contributed by atoms with Gasteiger partial charge in [-0.2, -0.15) is 0 Å². The molecule has 0 bridgehead atoms. The third kappa shape index (κ3) is 6.99. The smallest absolute Gasteiger partial charge is 0.332 e. The number of methoxy groups -OCH3 is 1. The van der Waals surface area contributed by atoms with Crippen molar-refractivity contribution in [3.8, 4) is 0 Å². The zero-order valence-electron chi connectivity index (χ0n) is 15.9. The fraction of sp³-hybridized carbons (Fsp3) is 0.526. The molecule has 0 atom stereocenters. The van der Waals surface area contributed by atoms with Crippen molar-refractivity contribution in [2.75, 3.05) is 53.0 Å². The van der Waals surface area contributed by atoms with Gasteiger partial charge in [0.25, 0.3) is 5.91 Å². The number of nitrogens with one attached hydrogen (secondary N) is 1.